The number of carbonyl (C=O) groups excluding carboxylic acids is 2. The molecule has 0 bridgehead atoms. The number of carbonyl (C=O) groups is 2. The maximum atomic E-state index is 13.7. The van der Waals surface area contributed by atoms with Crippen LogP contribution in [0.1, 0.15) is 24.2 Å². The fraction of sp³-hybridized carbons (Fsp3) is 0.385. The number of hydrogen-bond donors (Lipinski definition) is 2. The number of primary amides is 1. The van der Waals surface area contributed by atoms with E-state index < -0.39 is 23.4 Å². The van der Waals surface area contributed by atoms with Gasteiger partial charge in [0, 0.05) is 12.6 Å². The lowest BCUT2D eigenvalue weighted by molar-refractivity contribution is -0.118. The Hall–Kier alpha value is -2.18. The molecule has 110 valence electrons. The number of nitrogen functional groups attached to an aromatic ring is 1. The Bertz CT molecular complexity index is 533. The number of halogens is 2. The lowest BCUT2D eigenvalue weighted by Crippen LogP contribution is -2.41. The molecule has 0 aliphatic rings. The van der Waals surface area contributed by atoms with Gasteiger partial charge in [-0.25, -0.2) is 8.78 Å². The number of nitrogens with zero attached hydrogens (tertiary/aromatic N) is 1. The number of amides is 2. The molecule has 0 spiro atoms. The van der Waals surface area contributed by atoms with Gasteiger partial charge in [0.05, 0.1) is 17.8 Å². The van der Waals surface area contributed by atoms with Crippen molar-refractivity contribution in [3.05, 3.63) is 29.3 Å². The van der Waals surface area contributed by atoms with Crippen molar-refractivity contribution in [1.82, 2.24) is 4.90 Å². The van der Waals surface area contributed by atoms with Gasteiger partial charge >= 0.3 is 0 Å². The Labute approximate surface area is 115 Å². The third kappa shape index (κ3) is 3.91. The van der Waals surface area contributed by atoms with E-state index in [0.29, 0.717) is 6.07 Å². The number of benzene rings is 1. The Morgan fingerprint density at radius 3 is 2.35 bits per heavy atom. The SMILES string of the molecule is CC(C)CN(CC(N)=O)C(=O)c1cc(N)c(F)cc1F. The molecule has 0 atom stereocenters. The van der Waals surface area contributed by atoms with Crippen molar-refractivity contribution in [2.75, 3.05) is 18.8 Å². The van der Waals surface area contributed by atoms with Crippen molar-refractivity contribution < 1.29 is 18.4 Å². The molecule has 1 aromatic rings. The van der Waals surface area contributed by atoms with E-state index in [1.807, 2.05) is 13.8 Å². The number of nitrogens with two attached hydrogens (primary N) is 2. The zero-order chi connectivity index (χ0) is 15.4. The first-order chi connectivity index (χ1) is 9.22. The first-order valence-corrected chi connectivity index (χ1v) is 6.04. The summed E-state index contributed by atoms with van der Waals surface area (Å²) in [6.45, 7) is 3.54. The van der Waals surface area contributed by atoms with Crippen LogP contribution in [0.5, 0.6) is 0 Å². The minimum absolute atomic E-state index is 0.0548. The van der Waals surface area contributed by atoms with Crippen LogP contribution in [0, 0.1) is 17.6 Å². The van der Waals surface area contributed by atoms with Gasteiger partial charge in [0.1, 0.15) is 11.6 Å². The predicted octanol–water partition coefficient (Wildman–Crippen LogP) is 1.13. The summed E-state index contributed by atoms with van der Waals surface area (Å²) in [5.74, 6) is -3.38. The zero-order valence-corrected chi connectivity index (χ0v) is 11.3. The van der Waals surface area contributed by atoms with Crippen molar-refractivity contribution >= 4 is 17.5 Å². The maximum Gasteiger partial charge on any atom is 0.257 e. The van der Waals surface area contributed by atoms with Crippen LogP contribution in [0.25, 0.3) is 0 Å². The van der Waals surface area contributed by atoms with Crippen LogP contribution in [0.3, 0.4) is 0 Å². The van der Waals surface area contributed by atoms with E-state index in [4.69, 9.17) is 11.5 Å². The van der Waals surface area contributed by atoms with Gasteiger partial charge in [-0.05, 0) is 12.0 Å². The zero-order valence-electron chi connectivity index (χ0n) is 11.3. The van der Waals surface area contributed by atoms with E-state index in [0.717, 1.165) is 11.0 Å². The molecule has 0 aromatic heterocycles. The van der Waals surface area contributed by atoms with E-state index in [2.05, 4.69) is 0 Å². The topological polar surface area (TPSA) is 89.4 Å². The molecule has 5 nitrogen and oxygen atoms in total. The second-order valence-corrected chi connectivity index (χ2v) is 4.90. The first kappa shape index (κ1) is 15.9. The van der Waals surface area contributed by atoms with E-state index in [1.165, 1.54) is 0 Å². The Morgan fingerprint density at radius 2 is 1.85 bits per heavy atom. The molecule has 0 aliphatic heterocycles. The minimum Gasteiger partial charge on any atom is -0.396 e. The van der Waals surface area contributed by atoms with Crippen molar-refractivity contribution in [2.24, 2.45) is 11.7 Å². The average molecular weight is 285 g/mol. The summed E-state index contributed by atoms with van der Waals surface area (Å²) in [7, 11) is 0. The molecule has 20 heavy (non-hydrogen) atoms. The highest BCUT2D eigenvalue weighted by molar-refractivity contribution is 5.97. The standard InChI is InChI=1S/C13H17F2N3O2/c1-7(2)5-18(6-12(17)19)13(20)8-3-11(16)10(15)4-9(8)14/h3-4,7H,5-6,16H2,1-2H3,(H2,17,19). The summed E-state index contributed by atoms with van der Waals surface area (Å²) in [5.41, 5.74) is 9.67. The highest BCUT2D eigenvalue weighted by Gasteiger charge is 2.23. The summed E-state index contributed by atoms with van der Waals surface area (Å²) >= 11 is 0. The molecule has 2 amide bonds. The molecule has 0 heterocycles. The fourth-order valence-corrected chi connectivity index (χ4v) is 1.75. The van der Waals surface area contributed by atoms with E-state index in [9.17, 15) is 18.4 Å². The summed E-state index contributed by atoms with van der Waals surface area (Å²) in [6.07, 6.45) is 0. The lowest BCUT2D eigenvalue weighted by atomic mass is 10.1. The van der Waals surface area contributed by atoms with Gasteiger partial charge in [-0.2, -0.15) is 0 Å². The Morgan fingerprint density at radius 1 is 1.25 bits per heavy atom. The number of anilines is 1. The Kier molecular flexibility index (Phi) is 5.01. The molecule has 7 heteroatoms. The lowest BCUT2D eigenvalue weighted by Gasteiger charge is -2.23. The molecule has 0 saturated carbocycles. The highest BCUT2D eigenvalue weighted by atomic mass is 19.1. The summed E-state index contributed by atoms with van der Waals surface area (Å²) in [4.78, 5) is 24.3. The minimum atomic E-state index is -1.03. The first-order valence-electron chi connectivity index (χ1n) is 6.04. The smallest absolute Gasteiger partial charge is 0.257 e. The molecule has 0 saturated heterocycles. The molecule has 0 fully saturated rings. The van der Waals surface area contributed by atoms with Crippen molar-refractivity contribution in [1.29, 1.82) is 0 Å². The van der Waals surface area contributed by atoms with E-state index in [1.54, 1.807) is 0 Å². The number of rotatable bonds is 5. The van der Waals surface area contributed by atoms with Crippen molar-refractivity contribution in [3.63, 3.8) is 0 Å². The van der Waals surface area contributed by atoms with Crippen LogP contribution < -0.4 is 11.5 Å². The Balaban J connectivity index is 3.11. The molecule has 4 N–H and O–H groups in total. The molecule has 0 radical (unpaired) electrons. The summed E-state index contributed by atoms with van der Waals surface area (Å²) < 4.78 is 26.7. The second kappa shape index (κ2) is 6.31. The molecule has 1 rings (SSSR count). The van der Waals surface area contributed by atoms with Gasteiger partial charge in [0.25, 0.3) is 5.91 Å². The number of hydrogen-bond acceptors (Lipinski definition) is 3. The van der Waals surface area contributed by atoms with E-state index in [-0.39, 0.29) is 30.3 Å². The third-order valence-electron chi connectivity index (χ3n) is 2.54. The van der Waals surface area contributed by atoms with Crippen LogP contribution in [0.4, 0.5) is 14.5 Å². The van der Waals surface area contributed by atoms with Crippen LogP contribution in [0.2, 0.25) is 0 Å². The fourth-order valence-electron chi connectivity index (χ4n) is 1.75. The largest absolute Gasteiger partial charge is 0.396 e. The normalized spacial score (nSPS) is 10.7. The third-order valence-corrected chi connectivity index (χ3v) is 2.54. The molecular weight excluding hydrogens is 268 g/mol. The van der Waals surface area contributed by atoms with Crippen molar-refractivity contribution in [3.8, 4) is 0 Å². The van der Waals surface area contributed by atoms with Gasteiger partial charge < -0.3 is 16.4 Å². The predicted molar refractivity (Wildman–Crippen MR) is 70.7 cm³/mol. The van der Waals surface area contributed by atoms with Crippen LogP contribution in [0.15, 0.2) is 12.1 Å². The van der Waals surface area contributed by atoms with Crippen molar-refractivity contribution in [2.45, 2.75) is 13.8 Å². The van der Waals surface area contributed by atoms with Crippen LogP contribution >= 0.6 is 0 Å². The van der Waals surface area contributed by atoms with Gasteiger partial charge in [0.15, 0.2) is 0 Å². The summed E-state index contributed by atoms with van der Waals surface area (Å²) in [6, 6.07) is 1.46. The average Bonchev–Trinajstić information content (AvgIpc) is 2.31. The molecule has 1 aromatic carbocycles. The van der Waals surface area contributed by atoms with Gasteiger partial charge in [0.2, 0.25) is 5.91 Å². The second-order valence-electron chi connectivity index (χ2n) is 4.90. The van der Waals surface area contributed by atoms with Gasteiger partial charge in [-0.3, -0.25) is 9.59 Å². The quantitative estimate of drug-likeness (QED) is 0.795. The molecular formula is C13H17F2N3O2. The van der Waals surface area contributed by atoms with E-state index >= 15 is 0 Å². The van der Waals surface area contributed by atoms with Gasteiger partial charge in [-0.15, -0.1) is 0 Å². The van der Waals surface area contributed by atoms with Crippen LogP contribution in [-0.2, 0) is 4.79 Å². The highest BCUT2D eigenvalue weighted by Crippen LogP contribution is 2.18. The molecule has 0 aliphatic carbocycles. The summed E-state index contributed by atoms with van der Waals surface area (Å²) in [5, 5.41) is 0. The molecule has 0 unspecified atom stereocenters. The van der Waals surface area contributed by atoms with Gasteiger partial charge in [-0.1, -0.05) is 13.8 Å². The maximum absolute atomic E-state index is 13.7. The van der Waals surface area contributed by atoms with Crippen LogP contribution in [-0.4, -0.2) is 29.8 Å². The monoisotopic (exact) mass is 285 g/mol.